The first-order valence-corrected chi connectivity index (χ1v) is 5.88. The summed E-state index contributed by atoms with van der Waals surface area (Å²) in [7, 11) is 0. The first-order chi connectivity index (χ1) is 7.08. The van der Waals surface area contributed by atoms with Crippen LogP contribution in [0.25, 0.3) is 0 Å². The molecule has 1 atom stereocenters. The molecule has 0 aliphatic rings. The van der Waals surface area contributed by atoms with Crippen LogP contribution in [0.15, 0.2) is 22.9 Å². The maximum Gasteiger partial charge on any atom is 0.0705 e. The fraction of sp³-hybridized carbons (Fsp3) is 0.545. The average molecular weight is 273 g/mol. The number of aliphatic hydroxyl groups is 1. The van der Waals surface area contributed by atoms with Gasteiger partial charge < -0.3 is 10.4 Å². The molecule has 0 aliphatic carbocycles. The minimum atomic E-state index is -0.358. The lowest BCUT2D eigenvalue weighted by Gasteiger charge is -2.13. The van der Waals surface area contributed by atoms with Gasteiger partial charge in [0.25, 0.3) is 0 Å². The van der Waals surface area contributed by atoms with Crippen molar-refractivity contribution in [1.29, 1.82) is 0 Å². The number of halogens is 1. The largest absolute Gasteiger partial charge is 0.391 e. The van der Waals surface area contributed by atoms with Crippen molar-refractivity contribution in [2.75, 3.05) is 6.54 Å². The van der Waals surface area contributed by atoms with Crippen LogP contribution in [0, 0.1) is 0 Å². The van der Waals surface area contributed by atoms with Crippen LogP contribution >= 0.6 is 15.9 Å². The van der Waals surface area contributed by atoms with E-state index in [-0.39, 0.29) is 6.10 Å². The minimum Gasteiger partial charge on any atom is -0.391 e. The summed E-state index contributed by atoms with van der Waals surface area (Å²) in [6, 6.07) is 2.38. The molecule has 0 saturated carbocycles. The number of aliphatic hydroxyl groups excluding tert-OH is 1. The molecule has 84 valence electrons. The Balaban J connectivity index is 2.40. The number of nitrogens with zero attached hydrogens (tertiary/aromatic N) is 1. The Hall–Kier alpha value is -0.450. The third-order valence-electron chi connectivity index (χ3n) is 1.99. The third-order valence-corrected chi connectivity index (χ3v) is 2.43. The normalized spacial score (nSPS) is 13.1. The molecule has 0 aliphatic heterocycles. The van der Waals surface area contributed by atoms with Gasteiger partial charge in [0.1, 0.15) is 0 Å². The van der Waals surface area contributed by atoms with Gasteiger partial charge in [-0.1, -0.05) is 13.8 Å². The van der Waals surface area contributed by atoms with E-state index >= 15 is 0 Å². The van der Waals surface area contributed by atoms with Crippen LogP contribution in [0.3, 0.4) is 0 Å². The van der Waals surface area contributed by atoms with E-state index < -0.39 is 0 Å². The molecule has 0 spiro atoms. The van der Waals surface area contributed by atoms with E-state index in [4.69, 9.17) is 0 Å². The molecule has 1 heterocycles. The lowest BCUT2D eigenvalue weighted by molar-refractivity contribution is 0.169. The molecule has 1 aromatic heterocycles. The summed E-state index contributed by atoms with van der Waals surface area (Å²) in [5.41, 5.74) is 1.04. The highest BCUT2D eigenvalue weighted by atomic mass is 79.9. The summed E-state index contributed by atoms with van der Waals surface area (Å²) in [5.74, 6) is 0. The minimum absolute atomic E-state index is 0.358. The summed E-state index contributed by atoms with van der Waals surface area (Å²) in [4.78, 5) is 4.05. The van der Waals surface area contributed by atoms with Crippen LogP contribution < -0.4 is 5.32 Å². The first kappa shape index (κ1) is 12.6. The Morgan fingerprint density at radius 3 is 2.80 bits per heavy atom. The molecule has 0 bridgehead atoms. The van der Waals surface area contributed by atoms with Gasteiger partial charge >= 0.3 is 0 Å². The average Bonchev–Trinajstić information content (AvgIpc) is 2.15. The molecule has 0 aromatic carbocycles. The second kappa shape index (κ2) is 6.20. The summed E-state index contributed by atoms with van der Waals surface area (Å²) < 4.78 is 0.948. The van der Waals surface area contributed by atoms with Gasteiger partial charge in [0.2, 0.25) is 0 Å². The lowest BCUT2D eigenvalue weighted by atomic mass is 10.1. The summed E-state index contributed by atoms with van der Waals surface area (Å²) in [6.07, 6.45) is 3.79. The quantitative estimate of drug-likeness (QED) is 0.859. The van der Waals surface area contributed by atoms with E-state index in [1.165, 1.54) is 0 Å². The second-order valence-corrected chi connectivity index (χ2v) is 4.85. The fourth-order valence-electron chi connectivity index (χ4n) is 1.28. The van der Waals surface area contributed by atoms with Crippen molar-refractivity contribution in [1.82, 2.24) is 10.3 Å². The van der Waals surface area contributed by atoms with Crippen molar-refractivity contribution in [2.45, 2.75) is 32.4 Å². The van der Waals surface area contributed by atoms with Gasteiger partial charge in [-0.15, -0.1) is 0 Å². The Morgan fingerprint density at radius 1 is 1.47 bits per heavy atom. The zero-order valence-electron chi connectivity index (χ0n) is 9.07. The topological polar surface area (TPSA) is 45.1 Å². The van der Waals surface area contributed by atoms with Crippen LogP contribution in [-0.4, -0.2) is 28.8 Å². The number of pyridine rings is 1. The van der Waals surface area contributed by atoms with Gasteiger partial charge in [0.05, 0.1) is 6.10 Å². The molecular weight excluding hydrogens is 256 g/mol. The lowest BCUT2D eigenvalue weighted by Crippen LogP contribution is -2.33. The highest BCUT2D eigenvalue weighted by Crippen LogP contribution is 2.10. The third kappa shape index (κ3) is 5.25. The predicted octanol–water partition coefficient (Wildman–Crippen LogP) is 1.75. The van der Waals surface area contributed by atoms with Gasteiger partial charge in [-0.2, -0.15) is 0 Å². The van der Waals surface area contributed by atoms with Crippen LogP contribution in [0.2, 0.25) is 0 Å². The Labute approximate surface area is 99.1 Å². The van der Waals surface area contributed by atoms with E-state index in [1.807, 2.05) is 6.07 Å². The van der Waals surface area contributed by atoms with Crippen LogP contribution in [0.5, 0.6) is 0 Å². The van der Waals surface area contributed by atoms with Gasteiger partial charge in [-0.3, -0.25) is 4.98 Å². The van der Waals surface area contributed by atoms with Crippen LogP contribution in [0.4, 0.5) is 0 Å². The number of nitrogens with one attached hydrogen (secondary N) is 1. The van der Waals surface area contributed by atoms with E-state index in [1.54, 1.807) is 12.4 Å². The van der Waals surface area contributed by atoms with Crippen molar-refractivity contribution in [3.8, 4) is 0 Å². The molecule has 3 nitrogen and oxygen atoms in total. The Bertz CT molecular complexity index is 304. The maximum absolute atomic E-state index is 9.74. The maximum atomic E-state index is 9.74. The molecule has 0 saturated heterocycles. The van der Waals surface area contributed by atoms with Gasteiger partial charge in [0, 0.05) is 35.9 Å². The molecular formula is C11H17BrN2O. The SMILES string of the molecule is CC(C)NCC(O)Cc1cncc(Br)c1. The first-order valence-electron chi connectivity index (χ1n) is 5.09. The van der Waals surface area contributed by atoms with Gasteiger partial charge in [-0.05, 0) is 27.6 Å². The Morgan fingerprint density at radius 2 is 2.20 bits per heavy atom. The molecule has 15 heavy (non-hydrogen) atoms. The van der Waals surface area contributed by atoms with Gasteiger partial charge in [-0.25, -0.2) is 0 Å². The van der Waals surface area contributed by atoms with E-state index in [0.29, 0.717) is 19.0 Å². The molecule has 4 heteroatoms. The van der Waals surface area contributed by atoms with Gasteiger partial charge in [0.15, 0.2) is 0 Å². The summed E-state index contributed by atoms with van der Waals surface area (Å²) >= 11 is 3.35. The predicted molar refractivity (Wildman–Crippen MR) is 64.8 cm³/mol. The van der Waals surface area contributed by atoms with E-state index in [9.17, 15) is 5.11 Å². The standard InChI is InChI=1S/C11H17BrN2O/c1-8(2)14-7-11(15)4-9-3-10(12)6-13-5-9/h3,5-6,8,11,14-15H,4,7H2,1-2H3. The number of hydrogen-bond acceptors (Lipinski definition) is 3. The van der Waals surface area contributed by atoms with E-state index in [0.717, 1.165) is 10.0 Å². The van der Waals surface area contributed by atoms with Crippen molar-refractivity contribution >= 4 is 15.9 Å². The van der Waals surface area contributed by atoms with Crippen molar-refractivity contribution in [2.24, 2.45) is 0 Å². The van der Waals surface area contributed by atoms with Crippen molar-refractivity contribution < 1.29 is 5.11 Å². The molecule has 0 amide bonds. The highest BCUT2D eigenvalue weighted by Gasteiger charge is 2.06. The molecule has 1 aromatic rings. The molecule has 2 N–H and O–H groups in total. The smallest absolute Gasteiger partial charge is 0.0705 e. The monoisotopic (exact) mass is 272 g/mol. The van der Waals surface area contributed by atoms with Crippen molar-refractivity contribution in [3.63, 3.8) is 0 Å². The fourth-order valence-corrected chi connectivity index (χ4v) is 1.70. The zero-order valence-corrected chi connectivity index (χ0v) is 10.7. The summed E-state index contributed by atoms with van der Waals surface area (Å²) in [6.45, 7) is 4.74. The number of rotatable bonds is 5. The Kier molecular flexibility index (Phi) is 5.22. The molecule has 0 radical (unpaired) electrons. The number of hydrogen-bond donors (Lipinski definition) is 2. The van der Waals surface area contributed by atoms with Crippen LogP contribution in [-0.2, 0) is 6.42 Å². The molecule has 0 fully saturated rings. The van der Waals surface area contributed by atoms with Crippen LogP contribution in [0.1, 0.15) is 19.4 Å². The highest BCUT2D eigenvalue weighted by molar-refractivity contribution is 9.10. The van der Waals surface area contributed by atoms with Crippen molar-refractivity contribution in [3.05, 3.63) is 28.5 Å². The van der Waals surface area contributed by atoms with E-state index in [2.05, 4.69) is 40.1 Å². The summed E-state index contributed by atoms with van der Waals surface area (Å²) in [5, 5.41) is 12.9. The second-order valence-electron chi connectivity index (χ2n) is 3.93. The zero-order chi connectivity index (χ0) is 11.3. The molecule has 1 rings (SSSR count). The number of aromatic nitrogens is 1. The molecule has 1 unspecified atom stereocenters.